The quantitative estimate of drug-likeness (QED) is 0.839. The maximum Gasteiger partial charge on any atom is 0.222 e. The summed E-state index contributed by atoms with van der Waals surface area (Å²) in [5.41, 5.74) is 0. The van der Waals surface area contributed by atoms with Crippen molar-refractivity contribution in [3.63, 3.8) is 0 Å². The van der Waals surface area contributed by atoms with E-state index in [-0.39, 0.29) is 17.8 Å². The Morgan fingerprint density at radius 2 is 1.95 bits per heavy atom. The Labute approximate surface area is 118 Å². The molecule has 1 aromatic carbocycles. The number of aliphatic hydroxyl groups is 1. The van der Waals surface area contributed by atoms with E-state index in [1.54, 1.807) is 17.0 Å². The molecule has 2 rings (SSSR count). The molecule has 5 heteroatoms. The van der Waals surface area contributed by atoms with Crippen molar-refractivity contribution in [1.82, 2.24) is 4.90 Å². The number of carbonyl (C=O) groups is 1. The lowest BCUT2D eigenvalue weighted by atomic mass is 10.1. The van der Waals surface area contributed by atoms with Crippen molar-refractivity contribution in [1.29, 1.82) is 0 Å². The zero-order valence-corrected chi connectivity index (χ0v) is 11.4. The Morgan fingerprint density at radius 1 is 1.30 bits per heavy atom. The molecule has 1 aliphatic heterocycles. The highest BCUT2D eigenvalue weighted by Crippen LogP contribution is 2.13. The molecule has 20 heavy (non-hydrogen) atoms. The molecule has 110 valence electrons. The average Bonchev–Trinajstić information content (AvgIpc) is 2.46. The summed E-state index contributed by atoms with van der Waals surface area (Å²) in [5.74, 6) is 0.430. The maximum atomic E-state index is 12.7. The van der Waals surface area contributed by atoms with Crippen molar-refractivity contribution in [3.05, 3.63) is 30.1 Å². The van der Waals surface area contributed by atoms with Crippen LogP contribution in [0.5, 0.6) is 5.75 Å². The fourth-order valence-electron chi connectivity index (χ4n) is 2.22. The number of piperidine rings is 1. The molecule has 1 aliphatic rings. The van der Waals surface area contributed by atoms with E-state index in [4.69, 9.17) is 4.74 Å². The minimum absolute atomic E-state index is 0.111. The Balaban J connectivity index is 1.63. The second-order valence-electron chi connectivity index (χ2n) is 5.02. The van der Waals surface area contributed by atoms with Crippen LogP contribution in [0.15, 0.2) is 24.3 Å². The van der Waals surface area contributed by atoms with Gasteiger partial charge in [0.15, 0.2) is 0 Å². The lowest BCUT2D eigenvalue weighted by Gasteiger charge is -2.29. The van der Waals surface area contributed by atoms with Gasteiger partial charge in [-0.3, -0.25) is 4.79 Å². The summed E-state index contributed by atoms with van der Waals surface area (Å²) in [4.78, 5) is 13.7. The molecule has 1 amide bonds. The number of ether oxygens (including phenoxy) is 1. The summed E-state index contributed by atoms with van der Waals surface area (Å²) >= 11 is 0. The van der Waals surface area contributed by atoms with Crippen LogP contribution in [0, 0.1) is 5.82 Å². The van der Waals surface area contributed by atoms with Gasteiger partial charge >= 0.3 is 0 Å². The third-order valence-electron chi connectivity index (χ3n) is 3.43. The lowest BCUT2D eigenvalue weighted by Crippen LogP contribution is -2.40. The topological polar surface area (TPSA) is 49.8 Å². The molecule has 0 saturated carbocycles. The standard InChI is InChI=1S/C15H20FNO3/c16-12-3-5-14(6-4-12)20-11-1-2-15(19)17-9-7-13(18)8-10-17/h3-6,13,18H,1-2,7-11H2. The summed E-state index contributed by atoms with van der Waals surface area (Å²) in [6.07, 6.45) is 2.14. The molecule has 1 saturated heterocycles. The number of rotatable bonds is 5. The predicted octanol–water partition coefficient (Wildman–Crippen LogP) is 1.97. The first-order chi connectivity index (χ1) is 9.65. The zero-order valence-electron chi connectivity index (χ0n) is 11.4. The van der Waals surface area contributed by atoms with Gasteiger partial charge in [-0.05, 0) is 43.5 Å². The van der Waals surface area contributed by atoms with Crippen molar-refractivity contribution >= 4 is 5.91 Å². The fourth-order valence-corrected chi connectivity index (χ4v) is 2.22. The number of carbonyl (C=O) groups excluding carboxylic acids is 1. The summed E-state index contributed by atoms with van der Waals surface area (Å²) in [6, 6.07) is 5.84. The van der Waals surface area contributed by atoms with Crippen LogP contribution in [-0.4, -0.2) is 41.7 Å². The number of hydrogen-bond acceptors (Lipinski definition) is 3. The fraction of sp³-hybridized carbons (Fsp3) is 0.533. The molecular formula is C15H20FNO3. The first-order valence-corrected chi connectivity index (χ1v) is 6.99. The monoisotopic (exact) mass is 281 g/mol. The summed E-state index contributed by atoms with van der Waals surface area (Å²) in [6.45, 7) is 1.71. The Hall–Kier alpha value is -1.62. The minimum Gasteiger partial charge on any atom is -0.494 e. The van der Waals surface area contributed by atoms with Gasteiger partial charge in [0, 0.05) is 19.5 Å². The first kappa shape index (κ1) is 14.8. The Bertz CT molecular complexity index is 427. The van der Waals surface area contributed by atoms with Crippen LogP contribution < -0.4 is 4.74 Å². The second kappa shape index (κ2) is 7.24. The molecule has 4 nitrogen and oxygen atoms in total. The summed E-state index contributed by atoms with van der Waals surface area (Å²) in [5, 5.41) is 9.38. The second-order valence-corrected chi connectivity index (χ2v) is 5.02. The van der Waals surface area contributed by atoms with Crippen LogP contribution in [0.1, 0.15) is 25.7 Å². The van der Waals surface area contributed by atoms with Gasteiger partial charge in [-0.2, -0.15) is 0 Å². The van der Waals surface area contributed by atoms with E-state index in [2.05, 4.69) is 0 Å². The number of aliphatic hydroxyl groups excluding tert-OH is 1. The molecule has 0 aliphatic carbocycles. The normalized spacial score (nSPS) is 16.2. The molecule has 1 N–H and O–H groups in total. The highest BCUT2D eigenvalue weighted by atomic mass is 19.1. The Kier molecular flexibility index (Phi) is 5.35. The van der Waals surface area contributed by atoms with E-state index in [1.165, 1.54) is 12.1 Å². The number of benzene rings is 1. The van der Waals surface area contributed by atoms with E-state index in [9.17, 15) is 14.3 Å². The number of hydrogen-bond donors (Lipinski definition) is 1. The van der Waals surface area contributed by atoms with Gasteiger partial charge < -0.3 is 14.7 Å². The van der Waals surface area contributed by atoms with Crippen molar-refractivity contribution < 1.29 is 19.0 Å². The predicted molar refractivity (Wildman–Crippen MR) is 72.9 cm³/mol. The summed E-state index contributed by atoms with van der Waals surface area (Å²) in [7, 11) is 0. The van der Waals surface area contributed by atoms with Crippen molar-refractivity contribution in [2.24, 2.45) is 0 Å². The molecule has 1 aromatic rings. The molecule has 1 heterocycles. The molecule has 1 fully saturated rings. The largest absolute Gasteiger partial charge is 0.494 e. The van der Waals surface area contributed by atoms with E-state index >= 15 is 0 Å². The van der Waals surface area contributed by atoms with Crippen molar-refractivity contribution in [2.75, 3.05) is 19.7 Å². The number of nitrogens with zero attached hydrogens (tertiary/aromatic N) is 1. The first-order valence-electron chi connectivity index (χ1n) is 6.99. The van der Waals surface area contributed by atoms with Gasteiger partial charge in [-0.15, -0.1) is 0 Å². The van der Waals surface area contributed by atoms with E-state index in [1.807, 2.05) is 0 Å². The highest BCUT2D eigenvalue weighted by molar-refractivity contribution is 5.76. The van der Waals surface area contributed by atoms with Crippen LogP contribution in [0.3, 0.4) is 0 Å². The maximum absolute atomic E-state index is 12.7. The van der Waals surface area contributed by atoms with Crippen LogP contribution in [-0.2, 0) is 4.79 Å². The molecule has 0 radical (unpaired) electrons. The molecule has 0 atom stereocenters. The smallest absolute Gasteiger partial charge is 0.222 e. The van der Waals surface area contributed by atoms with E-state index in [0.29, 0.717) is 51.1 Å². The van der Waals surface area contributed by atoms with E-state index in [0.717, 1.165) is 0 Å². The van der Waals surface area contributed by atoms with Gasteiger partial charge in [0.1, 0.15) is 11.6 Å². The highest BCUT2D eigenvalue weighted by Gasteiger charge is 2.20. The number of halogens is 1. The van der Waals surface area contributed by atoms with Gasteiger partial charge in [0.25, 0.3) is 0 Å². The lowest BCUT2D eigenvalue weighted by molar-refractivity contribution is -0.133. The summed E-state index contributed by atoms with van der Waals surface area (Å²) < 4.78 is 18.1. The molecule has 0 aromatic heterocycles. The van der Waals surface area contributed by atoms with Crippen molar-refractivity contribution in [2.45, 2.75) is 31.8 Å². The Morgan fingerprint density at radius 3 is 2.60 bits per heavy atom. The minimum atomic E-state index is -0.292. The molecule has 0 unspecified atom stereocenters. The van der Waals surface area contributed by atoms with Gasteiger partial charge in [-0.1, -0.05) is 0 Å². The van der Waals surface area contributed by atoms with E-state index < -0.39 is 0 Å². The van der Waals surface area contributed by atoms with Crippen LogP contribution in [0.2, 0.25) is 0 Å². The van der Waals surface area contributed by atoms with Gasteiger partial charge in [0.05, 0.1) is 12.7 Å². The van der Waals surface area contributed by atoms with Gasteiger partial charge in [-0.25, -0.2) is 4.39 Å². The number of likely N-dealkylation sites (tertiary alicyclic amines) is 1. The SMILES string of the molecule is O=C(CCCOc1ccc(F)cc1)N1CCC(O)CC1. The van der Waals surface area contributed by atoms with Gasteiger partial charge in [0.2, 0.25) is 5.91 Å². The average molecular weight is 281 g/mol. The molecular weight excluding hydrogens is 261 g/mol. The molecule has 0 spiro atoms. The van der Waals surface area contributed by atoms with Crippen molar-refractivity contribution in [3.8, 4) is 5.75 Å². The van der Waals surface area contributed by atoms with Crippen LogP contribution >= 0.6 is 0 Å². The van der Waals surface area contributed by atoms with Crippen LogP contribution in [0.4, 0.5) is 4.39 Å². The third kappa shape index (κ3) is 4.49. The number of amides is 1. The van der Waals surface area contributed by atoms with Crippen LogP contribution in [0.25, 0.3) is 0 Å². The zero-order chi connectivity index (χ0) is 14.4. The third-order valence-corrected chi connectivity index (χ3v) is 3.43. The molecule has 0 bridgehead atoms.